The number of pyridine rings is 1. The Morgan fingerprint density at radius 3 is 2.33 bits per heavy atom. The molecule has 2 aliphatic carbocycles. The molecule has 2 aromatic rings. The lowest BCUT2D eigenvalue weighted by Gasteiger charge is -2.65. The van der Waals surface area contributed by atoms with Crippen LogP contribution in [0.25, 0.3) is 0 Å². The number of piperazine rings is 1. The summed E-state index contributed by atoms with van der Waals surface area (Å²) in [5.74, 6) is 6.80. The number of nitrogens with one attached hydrogen (secondary N) is 2. The Hall–Kier alpha value is -4.75. The molecule has 2 saturated carbocycles. The number of halogens is 1. The summed E-state index contributed by atoms with van der Waals surface area (Å²) in [7, 11) is 0. The first kappa shape index (κ1) is 44.3. The van der Waals surface area contributed by atoms with Crippen LogP contribution in [0.3, 0.4) is 0 Å². The predicted molar refractivity (Wildman–Crippen MR) is 233 cm³/mol. The van der Waals surface area contributed by atoms with Gasteiger partial charge in [-0.2, -0.15) is 5.26 Å². The Kier molecular flexibility index (Phi) is 12.7. The van der Waals surface area contributed by atoms with E-state index in [4.69, 9.17) is 21.3 Å². The number of hydrogen-bond donors (Lipinski definition) is 2. The van der Waals surface area contributed by atoms with Crippen LogP contribution in [-0.2, 0) is 20.9 Å². The van der Waals surface area contributed by atoms with Crippen LogP contribution in [0.5, 0.6) is 5.75 Å². The monoisotopic (exact) mass is 849 g/mol. The van der Waals surface area contributed by atoms with Gasteiger partial charge < -0.3 is 15.0 Å². The normalized spacial score (nSPS) is 27.6. The number of benzene rings is 1. The summed E-state index contributed by atoms with van der Waals surface area (Å²) < 4.78 is 6.48. The van der Waals surface area contributed by atoms with Crippen molar-refractivity contribution in [2.75, 3.05) is 26.2 Å². The van der Waals surface area contributed by atoms with Crippen LogP contribution < -0.4 is 15.4 Å². The van der Waals surface area contributed by atoms with Crippen molar-refractivity contribution >= 4 is 35.2 Å². The number of aromatic nitrogens is 1. The van der Waals surface area contributed by atoms with E-state index < -0.39 is 11.9 Å². The van der Waals surface area contributed by atoms with Crippen molar-refractivity contribution in [1.82, 2.24) is 30.3 Å². The molecule has 0 spiro atoms. The van der Waals surface area contributed by atoms with Gasteiger partial charge in [0, 0.05) is 79.1 Å². The maximum atomic E-state index is 13.8. The van der Waals surface area contributed by atoms with Crippen LogP contribution in [-0.4, -0.2) is 99.8 Å². The summed E-state index contributed by atoms with van der Waals surface area (Å²) in [6, 6.07) is 11.0. The van der Waals surface area contributed by atoms with Gasteiger partial charge in [-0.15, -0.1) is 0 Å². The topological polar surface area (TPSA) is 148 Å². The van der Waals surface area contributed by atoms with E-state index in [0.29, 0.717) is 58.1 Å². The molecule has 13 heteroatoms. The molecule has 1 aromatic heterocycles. The minimum Gasteiger partial charge on any atom is -0.489 e. The average Bonchev–Trinajstić information content (AvgIpc) is 3.55. The van der Waals surface area contributed by atoms with Gasteiger partial charge in [-0.25, -0.2) is 4.98 Å². The number of fused-ring (bicyclic) bond motifs is 1. The van der Waals surface area contributed by atoms with Gasteiger partial charge in [0.1, 0.15) is 29.7 Å². The number of carbonyl (C=O) groups excluding carboxylic acids is 4. The second-order valence-corrected chi connectivity index (χ2v) is 19.6. The van der Waals surface area contributed by atoms with Gasteiger partial charge in [0.25, 0.3) is 5.91 Å². The fraction of sp³-hybridized carbons (Fsp3) is 0.583. The highest BCUT2D eigenvalue weighted by molar-refractivity contribution is 6.31. The summed E-state index contributed by atoms with van der Waals surface area (Å²) in [5.41, 5.74) is 2.27. The van der Waals surface area contributed by atoms with E-state index in [-0.39, 0.29) is 65.0 Å². The van der Waals surface area contributed by atoms with Crippen molar-refractivity contribution in [3.8, 4) is 23.7 Å². The fourth-order valence-electron chi connectivity index (χ4n) is 11.1. The van der Waals surface area contributed by atoms with E-state index in [1.165, 1.54) is 0 Å². The maximum absolute atomic E-state index is 13.8. The van der Waals surface area contributed by atoms with Crippen molar-refractivity contribution < 1.29 is 23.9 Å². The average molecular weight is 851 g/mol. The summed E-state index contributed by atoms with van der Waals surface area (Å²) in [6.07, 6.45) is 4.66. The van der Waals surface area contributed by atoms with Crippen LogP contribution in [0.15, 0.2) is 42.5 Å². The minimum absolute atomic E-state index is 0.00955. The minimum atomic E-state index is -0.709. The third-order valence-electron chi connectivity index (χ3n) is 14.7. The lowest BCUT2D eigenvalue weighted by Crippen LogP contribution is -2.74. The first-order valence-electron chi connectivity index (χ1n) is 21.9. The molecule has 2 unspecified atom stereocenters. The van der Waals surface area contributed by atoms with Crippen molar-refractivity contribution in [3.63, 3.8) is 0 Å². The van der Waals surface area contributed by atoms with Gasteiger partial charge >= 0.3 is 0 Å². The molecule has 4 amide bonds. The van der Waals surface area contributed by atoms with Gasteiger partial charge in [0.15, 0.2) is 0 Å². The zero-order valence-electron chi connectivity index (χ0n) is 36.6. The van der Waals surface area contributed by atoms with E-state index >= 15 is 0 Å². The predicted octanol–water partition coefficient (Wildman–Crippen LogP) is 6.11. The largest absolute Gasteiger partial charge is 0.489 e. The maximum Gasteiger partial charge on any atom is 0.256 e. The van der Waals surface area contributed by atoms with Crippen molar-refractivity contribution in [1.29, 1.82) is 5.26 Å². The second-order valence-electron chi connectivity index (χ2n) is 19.2. The Balaban J connectivity index is 0.868. The molecule has 61 heavy (non-hydrogen) atoms. The molecule has 2 N–H and O–H groups in total. The Labute approximate surface area is 365 Å². The molecule has 1 aromatic carbocycles. The highest BCUT2D eigenvalue weighted by atomic mass is 35.5. The van der Waals surface area contributed by atoms with Gasteiger partial charge in [0.05, 0.1) is 28.4 Å². The van der Waals surface area contributed by atoms with E-state index in [2.05, 4.69) is 86.5 Å². The molecule has 0 bridgehead atoms. The smallest absolute Gasteiger partial charge is 0.256 e. The van der Waals surface area contributed by atoms with E-state index in [1.807, 2.05) is 24.0 Å². The molecule has 2 saturated heterocycles. The van der Waals surface area contributed by atoms with Gasteiger partial charge in [-0.1, -0.05) is 65.6 Å². The van der Waals surface area contributed by atoms with E-state index in [0.717, 1.165) is 57.6 Å². The summed E-state index contributed by atoms with van der Waals surface area (Å²) >= 11 is 6.30. The van der Waals surface area contributed by atoms with Crippen LogP contribution in [0.2, 0.25) is 5.02 Å². The van der Waals surface area contributed by atoms with Crippen LogP contribution in [0, 0.1) is 51.8 Å². The zero-order valence-corrected chi connectivity index (χ0v) is 37.4. The number of nitriles is 1. The highest BCUT2D eigenvalue weighted by Crippen LogP contribution is 2.59. The summed E-state index contributed by atoms with van der Waals surface area (Å²) in [6.45, 7) is 23.5. The van der Waals surface area contributed by atoms with Gasteiger partial charge in [-0.05, 0) is 81.0 Å². The number of carbonyl (C=O) groups is 4. The molecular weight excluding hydrogens is 790 g/mol. The second kappa shape index (κ2) is 17.6. The molecule has 3 aliphatic heterocycles. The van der Waals surface area contributed by atoms with Gasteiger partial charge in [0.2, 0.25) is 17.7 Å². The molecule has 324 valence electrons. The number of ether oxygens (including phenoxy) is 1. The van der Waals surface area contributed by atoms with Crippen LogP contribution in [0.1, 0.15) is 114 Å². The summed E-state index contributed by atoms with van der Waals surface area (Å²) in [5, 5.41) is 14.7. The number of imide groups is 1. The number of hydrogen-bond acceptors (Lipinski definition) is 9. The number of piperidine rings is 1. The van der Waals surface area contributed by atoms with E-state index in [1.54, 1.807) is 18.2 Å². The number of amides is 4. The lowest BCUT2D eigenvalue weighted by atomic mass is 9.49. The first-order valence-corrected chi connectivity index (χ1v) is 22.3. The molecule has 12 nitrogen and oxygen atoms in total. The molecule has 4 atom stereocenters. The summed E-state index contributed by atoms with van der Waals surface area (Å²) in [4.78, 5) is 62.5. The number of nitrogens with zero attached hydrogens (tertiary/aromatic N) is 5. The van der Waals surface area contributed by atoms with Crippen molar-refractivity contribution in [2.45, 2.75) is 124 Å². The first-order chi connectivity index (χ1) is 28.9. The van der Waals surface area contributed by atoms with Gasteiger partial charge in [-0.3, -0.25) is 34.3 Å². The molecule has 4 heterocycles. The Bertz CT molecular complexity index is 2170. The third kappa shape index (κ3) is 8.82. The Morgan fingerprint density at radius 2 is 1.69 bits per heavy atom. The molecule has 5 aliphatic rings. The Morgan fingerprint density at radius 1 is 1.00 bits per heavy atom. The standard InChI is InChI=1S/C48H60ClN7O5/c1-28(30(3)42(58)52-39-19-20-41(57)53-43(39)59)29(2)31(4)54-21-23-55(24-22-54)35-15-10-32(11-16-35)9-13-34-14-18-37-40(51-34)27-56(44(37)60)45-47(5,6)46(48(45,7)8)61-36-17-12-33(26-50)38(49)25-36/h12,14,17-18,25,28-29,31-32,35,39,45-46H,3,10-11,15-16,19-24,27H2,1-2,4-8H3,(H,52,58)(H,53,57,59)/t28?,29-,31+,32?,35?,39?,45-,46-/m0/s1. The fourth-order valence-corrected chi connectivity index (χ4v) is 11.3. The molecule has 7 rings (SSSR count). The lowest BCUT2D eigenvalue weighted by molar-refractivity contribution is -0.199. The molecule has 0 radical (unpaired) electrons. The molecule has 4 fully saturated rings. The quantitative estimate of drug-likeness (QED) is 0.164. The molecular formula is C48H60ClN7O5. The van der Waals surface area contributed by atoms with Crippen LogP contribution >= 0.6 is 11.6 Å². The third-order valence-corrected chi connectivity index (χ3v) is 15.0. The number of rotatable bonds is 10. The van der Waals surface area contributed by atoms with Crippen LogP contribution in [0.4, 0.5) is 0 Å². The SMILES string of the molecule is C=C(C(=O)NC1CCC(=O)NC1=O)C(C)[C@H](C)[C@@H](C)N1CCN(C2CCC(C#Cc3ccc4c(n3)CN([C@H]3C(C)(C)[C@H](Oc5ccc(C#N)c(Cl)c5)C3(C)C)C4=O)CC2)CC1. The van der Waals surface area contributed by atoms with Crippen molar-refractivity contribution in [2.24, 2.45) is 28.6 Å². The zero-order chi connectivity index (χ0) is 44.0. The van der Waals surface area contributed by atoms with E-state index in [9.17, 15) is 24.4 Å². The van der Waals surface area contributed by atoms with Crippen molar-refractivity contribution in [3.05, 3.63) is 70.0 Å². The highest BCUT2D eigenvalue weighted by Gasteiger charge is 2.67.